The van der Waals surface area contributed by atoms with Crippen molar-refractivity contribution < 1.29 is 0 Å². The normalized spacial score (nSPS) is 11.1. The standard InChI is InChI=1S/C10H17BrN2S/c1-13(7-3-2-6-12)8-9-4-5-10(11)14-9/h4-5H,2-3,6-8,12H2,1H3. The Labute approximate surface area is 98.2 Å². The molecule has 0 saturated heterocycles. The van der Waals surface area contributed by atoms with E-state index in [2.05, 4.69) is 40.0 Å². The van der Waals surface area contributed by atoms with Gasteiger partial charge in [-0.1, -0.05) is 0 Å². The van der Waals surface area contributed by atoms with Gasteiger partial charge >= 0.3 is 0 Å². The van der Waals surface area contributed by atoms with Crippen molar-refractivity contribution >= 4 is 27.3 Å². The van der Waals surface area contributed by atoms with Crippen LogP contribution in [0.5, 0.6) is 0 Å². The zero-order valence-corrected chi connectivity index (χ0v) is 10.9. The molecule has 0 amide bonds. The first-order chi connectivity index (χ1) is 6.72. The number of unbranched alkanes of at least 4 members (excludes halogenated alkanes) is 1. The van der Waals surface area contributed by atoms with Crippen molar-refractivity contribution in [2.75, 3.05) is 20.1 Å². The second-order valence-corrected chi connectivity index (χ2v) is 5.99. The molecule has 0 bridgehead atoms. The second kappa shape index (κ2) is 6.56. The Kier molecular flexibility index (Phi) is 5.70. The molecule has 0 unspecified atom stereocenters. The number of nitrogens with zero attached hydrogens (tertiary/aromatic N) is 1. The van der Waals surface area contributed by atoms with Gasteiger partial charge in [0.05, 0.1) is 3.79 Å². The molecule has 0 fully saturated rings. The number of halogens is 1. The first kappa shape index (κ1) is 12.2. The highest BCUT2D eigenvalue weighted by atomic mass is 79.9. The first-order valence-electron chi connectivity index (χ1n) is 4.85. The van der Waals surface area contributed by atoms with Crippen LogP contribution in [0.4, 0.5) is 0 Å². The molecular weight excluding hydrogens is 260 g/mol. The van der Waals surface area contributed by atoms with Crippen LogP contribution < -0.4 is 5.73 Å². The molecule has 1 aromatic rings. The van der Waals surface area contributed by atoms with Crippen LogP contribution >= 0.6 is 27.3 Å². The third-order valence-corrected chi connectivity index (χ3v) is 3.66. The van der Waals surface area contributed by atoms with E-state index in [9.17, 15) is 0 Å². The summed E-state index contributed by atoms with van der Waals surface area (Å²) in [5, 5.41) is 0. The van der Waals surface area contributed by atoms with E-state index < -0.39 is 0 Å². The Balaban J connectivity index is 2.23. The molecule has 0 aliphatic carbocycles. The van der Waals surface area contributed by atoms with Crippen molar-refractivity contribution in [1.29, 1.82) is 0 Å². The fourth-order valence-corrected chi connectivity index (χ4v) is 2.87. The van der Waals surface area contributed by atoms with E-state index in [1.807, 2.05) is 0 Å². The molecule has 0 aliphatic rings. The number of rotatable bonds is 6. The predicted octanol–water partition coefficient (Wildman–Crippen LogP) is 2.68. The lowest BCUT2D eigenvalue weighted by molar-refractivity contribution is 0.322. The molecule has 80 valence electrons. The predicted molar refractivity (Wildman–Crippen MR) is 66.6 cm³/mol. The van der Waals surface area contributed by atoms with Crippen LogP contribution in [0.2, 0.25) is 0 Å². The minimum Gasteiger partial charge on any atom is -0.330 e. The summed E-state index contributed by atoms with van der Waals surface area (Å²) >= 11 is 5.27. The highest BCUT2D eigenvalue weighted by Crippen LogP contribution is 2.22. The van der Waals surface area contributed by atoms with Gasteiger partial charge in [-0.25, -0.2) is 0 Å². The van der Waals surface area contributed by atoms with E-state index in [0.717, 1.165) is 26.1 Å². The largest absolute Gasteiger partial charge is 0.330 e. The van der Waals surface area contributed by atoms with E-state index in [-0.39, 0.29) is 0 Å². The molecule has 1 rings (SSSR count). The maximum Gasteiger partial charge on any atom is 0.0701 e. The van der Waals surface area contributed by atoms with E-state index in [1.54, 1.807) is 11.3 Å². The minimum absolute atomic E-state index is 0.804. The van der Waals surface area contributed by atoms with Crippen LogP contribution in [0.3, 0.4) is 0 Å². The zero-order chi connectivity index (χ0) is 10.4. The summed E-state index contributed by atoms with van der Waals surface area (Å²) < 4.78 is 1.21. The van der Waals surface area contributed by atoms with Crippen LogP contribution in [0.1, 0.15) is 17.7 Å². The fourth-order valence-electron chi connectivity index (χ4n) is 1.31. The SMILES string of the molecule is CN(CCCCN)Cc1ccc(Br)s1. The molecule has 2 nitrogen and oxygen atoms in total. The molecule has 1 heterocycles. The summed E-state index contributed by atoms with van der Waals surface area (Å²) in [5.41, 5.74) is 5.45. The average Bonchev–Trinajstić information content (AvgIpc) is 2.52. The summed E-state index contributed by atoms with van der Waals surface area (Å²) in [4.78, 5) is 3.75. The molecule has 0 spiro atoms. The Bertz CT molecular complexity index is 262. The van der Waals surface area contributed by atoms with Gasteiger partial charge in [0, 0.05) is 11.4 Å². The first-order valence-corrected chi connectivity index (χ1v) is 6.46. The van der Waals surface area contributed by atoms with Crippen molar-refractivity contribution in [3.05, 3.63) is 20.8 Å². The van der Waals surface area contributed by atoms with Crippen LogP contribution in [0, 0.1) is 0 Å². The molecular formula is C10H17BrN2S. The third kappa shape index (κ3) is 4.55. The molecule has 0 radical (unpaired) electrons. The zero-order valence-electron chi connectivity index (χ0n) is 8.50. The highest BCUT2D eigenvalue weighted by Gasteiger charge is 2.02. The average molecular weight is 277 g/mol. The Hall–Kier alpha value is 0.1000. The van der Waals surface area contributed by atoms with E-state index in [4.69, 9.17) is 5.73 Å². The smallest absolute Gasteiger partial charge is 0.0701 e. The summed E-state index contributed by atoms with van der Waals surface area (Å²) in [5.74, 6) is 0. The molecule has 2 N–H and O–H groups in total. The van der Waals surface area contributed by atoms with E-state index in [1.165, 1.54) is 15.1 Å². The Morgan fingerprint density at radius 3 is 2.79 bits per heavy atom. The molecule has 14 heavy (non-hydrogen) atoms. The molecule has 4 heteroatoms. The number of hydrogen-bond acceptors (Lipinski definition) is 3. The number of thiophene rings is 1. The maximum absolute atomic E-state index is 5.45. The van der Waals surface area contributed by atoms with Crippen LogP contribution in [0.15, 0.2) is 15.9 Å². The van der Waals surface area contributed by atoms with Gasteiger partial charge in [-0.3, -0.25) is 0 Å². The maximum atomic E-state index is 5.45. The number of nitrogens with two attached hydrogens (primary N) is 1. The monoisotopic (exact) mass is 276 g/mol. The summed E-state index contributed by atoms with van der Waals surface area (Å²) in [6.45, 7) is 2.98. The number of hydrogen-bond donors (Lipinski definition) is 1. The molecule has 0 aromatic carbocycles. The van der Waals surface area contributed by atoms with E-state index >= 15 is 0 Å². The van der Waals surface area contributed by atoms with Gasteiger partial charge < -0.3 is 10.6 Å². The third-order valence-electron chi connectivity index (χ3n) is 2.05. The van der Waals surface area contributed by atoms with Gasteiger partial charge in [-0.05, 0) is 61.0 Å². The Morgan fingerprint density at radius 2 is 2.21 bits per heavy atom. The van der Waals surface area contributed by atoms with Crippen molar-refractivity contribution in [2.45, 2.75) is 19.4 Å². The van der Waals surface area contributed by atoms with Crippen molar-refractivity contribution in [3.8, 4) is 0 Å². The van der Waals surface area contributed by atoms with Crippen molar-refractivity contribution in [1.82, 2.24) is 4.90 Å². The Morgan fingerprint density at radius 1 is 1.43 bits per heavy atom. The van der Waals surface area contributed by atoms with E-state index in [0.29, 0.717) is 0 Å². The summed E-state index contributed by atoms with van der Waals surface area (Å²) in [6.07, 6.45) is 2.32. The lowest BCUT2D eigenvalue weighted by atomic mass is 10.3. The minimum atomic E-state index is 0.804. The highest BCUT2D eigenvalue weighted by molar-refractivity contribution is 9.11. The van der Waals surface area contributed by atoms with Crippen LogP contribution in [0.25, 0.3) is 0 Å². The molecule has 1 aromatic heterocycles. The molecule has 0 atom stereocenters. The molecule has 0 aliphatic heterocycles. The molecule has 0 saturated carbocycles. The van der Waals surface area contributed by atoms with Gasteiger partial charge in [0.2, 0.25) is 0 Å². The summed E-state index contributed by atoms with van der Waals surface area (Å²) in [6, 6.07) is 4.28. The lowest BCUT2D eigenvalue weighted by Gasteiger charge is -2.14. The lowest BCUT2D eigenvalue weighted by Crippen LogP contribution is -2.19. The van der Waals surface area contributed by atoms with Gasteiger partial charge in [-0.2, -0.15) is 0 Å². The van der Waals surface area contributed by atoms with Crippen LogP contribution in [-0.2, 0) is 6.54 Å². The van der Waals surface area contributed by atoms with Crippen molar-refractivity contribution in [2.24, 2.45) is 5.73 Å². The second-order valence-electron chi connectivity index (χ2n) is 3.44. The van der Waals surface area contributed by atoms with Crippen molar-refractivity contribution in [3.63, 3.8) is 0 Å². The van der Waals surface area contributed by atoms with Gasteiger partial charge in [0.15, 0.2) is 0 Å². The quantitative estimate of drug-likeness (QED) is 0.810. The van der Waals surface area contributed by atoms with Crippen LogP contribution in [-0.4, -0.2) is 25.0 Å². The summed E-state index contributed by atoms with van der Waals surface area (Å²) in [7, 11) is 2.16. The fraction of sp³-hybridized carbons (Fsp3) is 0.600. The van der Waals surface area contributed by atoms with Gasteiger partial charge in [-0.15, -0.1) is 11.3 Å². The van der Waals surface area contributed by atoms with Gasteiger partial charge in [0.1, 0.15) is 0 Å². The van der Waals surface area contributed by atoms with Gasteiger partial charge in [0.25, 0.3) is 0 Å². The topological polar surface area (TPSA) is 29.3 Å².